The van der Waals surface area contributed by atoms with Crippen LogP contribution in [0.25, 0.3) is 0 Å². The quantitative estimate of drug-likeness (QED) is 0.395. The fourth-order valence-corrected chi connectivity index (χ4v) is 5.03. The number of phenols is 1. The minimum Gasteiger partial charge on any atom is -0.507 e. The summed E-state index contributed by atoms with van der Waals surface area (Å²) >= 11 is 0. The monoisotopic (exact) mass is 411 g/mol. The second kappa shape index (κ2) is 9.15. The molecule has 0 saturated carbocycles. The third kappa shape index (κ3) is 4.56. The summed E-state index contributed by atoms with van der Waals surface area (Å²) in [5, 5.41) is 12.7. The Hall–Kier alpha value is -3.09. The van der Waals surface area contributed by atoms with Gasteiger partial charge < -0.3 is 10.0 Å². The minimum absolute atomic E-state index is 0.371. The van der Waals surface area contributed by atoms with Gasteiger partial charge in [0.05, 0.1) is 0 Å². The molecule has 1 atom stereocenters. The van der Waals surface area contributed by atoms with Crippen LogP contribution in [0, 0.1) is 13.8 Å². The van der Waals surface area contributed by atoms with E-state index in [1.54, 1.807) is 6.07 Å². The Morgan fingerprint density at radius 3 is 2.00 bits per heavy atom. The lowest BCUT2D eigenvalue weighted by atomic mass is 10.1. The van der Waals surface area contributed by atoms with E-state index in [1.165, 1.54) is 22.0 Å². The van der Waals surface area contributed by atoms with Crippen molar-refractivity contribution in [3.63, 3.8) is 0 Å². The van der Waals surface area contributed by atoms with Crippen molar-refractivity contribution < 1.29 is 5.11 Å². The van der Waals surface area contributed by atoms with Crippen LogP contribution in [0.15, 0.2) is 97.1 Å². The van der Waals surface area contributed by atoms with Crippen molar-refractivity contribution in [2.24, 2.45) is 0 Å². The van der Waals surface area contributed by atoms with Crippen LogP contribution in [0.2, 0.25) is 0 Å². The van der Waals surface area contributed by atoms with Crippen molar-refractivity contribution in [3.8, 4) is 5.75 Å². The highest BCUT2D eigenvalue weighted by atomic mass is 31.1. The predicted molar refractivity (Wildman–Crippen MR) is 130 cm³/mol. The van der Waals surface area contributed by atoms with Crippen LogP contribution in [0.3, 0.4) is 0 Å². The van der Waals surface area contributed by atoms with E-state index in [0.717, 1.165) is 23.2 Å². The zero-order chi connectivity index (χ0) is 20.9. The Kier molecular flexibility index (Phi) is 6.16. The van der Waals surface area contributed by atoms with Crippen LogP contribution < -0.4 is 15.5 Å². The maximum Gasteiger partial charge on any atom is 0.123 e. The first-order chi connectivity index (χ1) is 14.6. The highest BCUT2D eigenvalue weighted by Gasteiger charge is 2.15. The van der Waals surface area contributed by atoms with E-state index in [-0.39, 0.29) is 0 Å². The first-order valence-electron chi connectivity index (χ1n) is 10.1. The van der Waals surface area contributed by atoms with E-state index in [0.29, 0.717) is 14.3 Å². The Bertz CT molecular complexity index is 1090. The van der Waals surface area contributed by atoms with Crippen molar-refractivity contribution in [1.82, 2.24) is 0 Å². The van der Waals surface area contributed by atoms with Crippen LogP contribution in [-0.4, -0.2) is 5.11 Å². The molecule has 2 nitrogen and oxygen atoms in total. The topological polar surface area (TPSA) is 23.5 Å². The van der Waals surface area contributed by atoms with Gasteiger partial charge in [-0.25, -0.2) is 0 Å². The molecule has 0 fully saturated rings. The molecule has 30 heavy (non-hydrogen) atoms. The van der Waals surface area contributed by atoms with E-state index >= 15 is 0 Å². The summed E-state index contributed by atoms with van der Waals surface area (Å²) in [6, 6.07) is 33.4. The lowest BCUT2D eigenvalue weighted by molar-refractivity contribution is 0.479. The van der Waals surface area contributed by atoms with E-state index in [1.807, 2.05) is 18.2 Å². The summed E-state index contributed by atoms with van der Waals surface area (Å²) < 4.78 is 0. The van der Waals surface area contributed by atoms with Crippen molar-refractivity contribution >= 4 is 30.6 Å². The van der Waals surface area contributed by atoms with Crippen LogP contribution in [-0.2, 0) is 6.54 Å². The molecule has 3 heteroatoms. The summed E-state index contributed by atoms with van der Waals surface area (Å²) in [6.07, 6.45) is 0. The number of rotatable bonds is 6. The summed E-state index contributed by atoms with van der Waals surface area (Å²) in [5.74, 6) is 0.371. The first-order valence-corrected chi connectivity index (χ1v) is 11.1. The SMILES string of the molecule is Cc1ccc(O)c(Pc2c(C)cccc2CN(c2ccccc2)c2ccccc2)c1. The van der Waals surface area contributed by atoms with Gasteiger partial charge in [-0.1, -0.05) is 74.8 Å². The predicted octanol–water partition coefficient (Wildman–Crippen LogP) is 5.98. The summed E-state index contributed by atoms with van der Waals surface area (Å²) in [4.78, 5) is 2.35. The summed E-state index contributed by atoms with van der Waals surface area (Å²) in [6.45, 7) is 5.00. The van der Waals surface area contributed by atoms with Gasteiger partial charge in [0.1, 0.15) is 5.75 Å². The molecule has 0 aromatic heterocycles. The maximum atomic E-state index is 10.4. The van der Waals surface area contributed by atoms with Gasteiger partial charge >= 0.3 is 0 Å². The average Bonchev–Trinajstić information content (AvgIpc) is 2.77. The van der Waals surface area contributed by atoms with Gasteiger partial charge in [-0.05, 0) is 66.7 Å². The molecule has 0 heterocycles. The molecule has 1 N–H and O–H groups in total. The van der Waals surface area contributed by atoms with Gasteiger partial charge in [-0.3, -0.25) is 0 Å². The van der Waals surface area contributed by atoms with Gasteiger partial charge in [0.25, 0.3) is 0 Å². The van der Waals surface area contributed by atoms with Crippen molar-refractivity contribution in [2.45, 2.75) is 20.4 Å². The van der Waals surface area contributed by atoms with Crippen LogP contribution in [0.1, 0.15) is 16.7 Å². The number of hydrogen-bond donors (Lipinski definition) is 1. The molecule has 0 aliphatic carbocycles. The molecule has 150 valence electrons. The minimum atomic E-state index is 0.371. The van der Waals surface area contributed by atoms with Crippen LogP contribution in [0.4, 0.5) is 11.4 Å². The molecule has 1 unspecified atom stereocenters. The number of benzene rings is 4. The van der Waals surface area contributed by atoms with Crippen molar-refractivity contribution in [2.75, 3.05) is 4.90 Å². The molecular formula is C27H26NOP. The molecular weight excluding hydrogens is 385 g/mol. The number of nitrogens with zero attached hydrogens (tertiary/aromatic N) is 1. The summed E-state index contributed by atoms with van der Waals surface area (Å²) in [5.41, 5.74) is 6.03. The fourth-order valence-electron chi connectivity index (χ4n) is 3.64. The van der Waals surface area contributed by atoms with E-state index in [2.05, 4.69) is 91.5 Å². The Morgan fingerprint density at radius 2 is 1.37 bits per heavy atom. The van der Waals surface area contributed by atoms with Gasteiger partial charge in [0.2, 0.25) is 0 Å². The zero-order valence-electron chi connectivity index (χ0n) is 17.3. The van der Waals surface area contributed by atoms with E-state index in [9.17, 15) is 5.11 Å². The Balaban J connectivity index is 1.74. The van der Waals surface area contributed by atoms with Gasteiger partial charge in [-0.2, -0.15) is 0 Å². The Morgan fingerprint density at radius 1 is 0.733 bits per heavy atom. The molecule has 0 aliphatic rings. The number of hydrogen-bond acceptors (Lipinski definition) is 2. The van der Waals surface area contributed by atoms with Gasteiger partial charge in [-0.15, -0.1) is 0 Å². The molecule has 0 amide bonds. The number of aryl methyl sites for hydroxylation is 2. The molecule has 0 bridgehead atoms. The van der Waals surface area contributed by atoms with Crippen LogP contribution in [0.5, 0.6) is 5.75 Å². The number of anilines is 2. The third-order valence-corrected chi connectivity index (χ3v) is 6.87. The maximum absolute atomic E-state index is 10.4. The molecule has 4 aromatic rings. The highest BCUT2D eigenvalue weighted by Crippen LogP contribution is 2.29. The van der Waals surface area contributed by atoms with Crippen LogP contribution >= 0.6 is 8.58 Å². The summed E-state index contributed by atoms with van der Waals surface area (Å²) in [7, 11) is 0.408. The van der Waals surface area contributed by atoms with Gasteiger partial charge in [0.15, 0.2) is 0 Å². The standard InChI is InChI=1S/C27H26NOP/c1-20-16-17-25(29)26(18-20)30-27-21(2)10-9-11-22(27)19-28(23-12-5-3-6-13-23)24-14-7-4-8-15-24/h3-18,29-30H,19H2,1-2H3. The molecule has 0 saturated heterocycles. The lowest BCUT2D eigenvalue weighted by Crippen LogP contribution is -2.22. The number of para-hydroxylation sites is 2. The molecule has 0 aliphatic heterocycles. The van der Waals surface area contributed by atoms with Crippen molar-refractivity contribution in [3.05, 3.63) is 114 Å². The molecule has 0 spiro atoms. The highest BCUT2D eigenvalue weighted by molar-refractivity contribution is 7.56. The average molecular weight is 411 g/mol. The zero-order valence-corrected chi connectivity index (χ0v) is 18.3. The van der Waals surface area contributed by atoms with Gasteiger partial charge in [0, 0.05) is 23.2 Å². The largest absolute Gasteiger partial charge is 0.507 e. The van der Waals surface area contributed by atoms with Crippen molar-refractivity contribution in [1.29, 1.82) is 0 Å². The van der Waals surface area contributed by atoms with E-state index < -0.39 is 0 Å². The first kappa shape index (κ1) is 20.2. The normalized spacial score (nSPS) is 11.1. The second-order valence-electron chi connectivity index (χ2n) is 7.51. The molecule has 0 radical (unpaired) electrons. The molecule has 4 aromatic carbocycles. The number of phenolic OH excluding ortho intramolecular Hbond substituents is 1. The fraction of sp³-hybridized carbons (Fsp3) is 0.111. The lowest BCUT2D eigenvalue weighted by Gasteiger charge is -2.27. The second-order valence-corrected chi connectivity index (χ2v) is 8.80. The number of aromatic hydroxyl groups is 1. The van der Waals surface area contributed by atoms with E-state index in [4.69, 9.17) is 0 Å². The molecule has 4 rings (SSSR count). The smallest absolute Gasteiger partial charge is 0.123 e. The third-order valence-electron chi connectivity index (χ3n) is 5.24. The Labute approximate surface area is 180 Å².